The van der Waals surface area contributed by atoms with Crippen LogP contribution in [0.4, 0.5) is 0 Å². The van der Waals surface area contributed by atoms with Crippen molar-refractivity contribution in [2.45, 2.75) is 46.8 Å². The lowest BCUT2D eigenvalue weighted by Gasteiger charge is -2.12. The van der Waals surface area contributed by atoms with Crippen LogP contribution in [0.15, 0.2) is 6.33 Å². The van der Waals surface area contributed by atoms with Crippen molar-refractivity contribution < 1.29 is 0 Å². The predicted octanol–water partition coefficient (Wildman–Crippen LogP) is 2.22. The Kier molecular flexibility index (Phi) is 4.08. The minimum atomic E-state index is 0.233. The molecule has 0 fully saturated rings. The van der Waals surface area contributed by atoms with Crippen LogP contribution in [0.1, 0.15) is 41.3 Å². The van der Waals surface area contributed by atoms with Gasteiger partial charge in [0.1, 0.15) is 12.2 Å². The molecule has 2 heterocycles. The molecule has 0 aromatic carbocycles. The molecule has 18 heavy (non-hydrogen) atoms. The highest BCUT2D eigenvalue weighted by Crippen LogP contribution is 2.22. The van der Waals surface area contributed by atoms with Crippen LogP contribution in [0, 0.1) is 13.8 Å². The van der Waals surface area contributed by atoms with E-state index in [1.165, 1.54) is 4.88 Å². The maximum absolute atomic E-state index is 4.57. The second kappa shape index (κ2) is 5.58. The smallest absolute Gasteiger partial charge is 0.146 e. The van der Waals surface area contributed by atoms with Gasteiger partial charge in [0.25, 0.3) is 0 Å². The minimum Gasteiger partial charge on any atom is -0.317 e. The predicted molar refractivity (Wildman–Crippen MR) is 72.5 cm³/mol. The van der Waals surface area contributed by atoms with Crippen molar-refractivity contribution in [3.8, 4) is 0 Å². The lowest BCUT2D eigenvalue weighted by molar-refractivity contribution is 0.530. The van der Waals surface area contributed by atoms with Crippen molar-refractivity contribution >= 4 is 11.3 Å². The van der Waals surface area contributed by atoms with E-state index in [0.29, 0.717) is 6.54 Å². The standard InChI is InChI=1S/C12H19N5S/c1-5-17-7-14-16-11(17)6-13-8(2)12-9(3)18-10(4)15-12/h7-8,13H,5-6H2,1-4H3. The fraction of sp³-hybridized carbons (Fsp3) is 0.583. The molecule has 98 valence electrons. The number of aromatic nitrogens is 4. The molecule has 0 radical (unpaired) electrons. The molecule has 0 saturated heterocycles. The third-order valence-corrected chi connectivity index (χ3v) is 3.85. The third-order valence-electron chi connectivity index (χ3n) is 2.95. The van der Waals surface area contributed by atoms with Gasteiger partial charge in [-0.1, -0.05) is 0 Å². The molecule has 0 aliphatic rings. The van der Waals surface area contributed by atoms with Crippen molar-refractivity contribution in [2.75, 3.05) is 0 Å². The van der Waals surface area contributed by atoms with Crippen LogP contribution >= 0.6 is 11.3 Å². The molecule has 0 aliphatic carbocycles. The number of aryl methyl sites for hydroxylation is 3. The summed E-state index contributed by atoms with van der Waals surface area (Å²) in [4.78, 5) is 5.85. The van der Waals surface area contributed by atoms with Gasteiger partial charge in [0.2, 0.25) is 0 Å². The molecule has 0 spiro atoms. The molecule has 5 nitrogen and oxygen atoms in total. The van der Waals surface area contributed by atoms with Gasteiger partial charge in [-0.3, -0.25) is 0 Å². The average Bonchev–Trinajstić information content (AvgIpc) is 2.92. The Labute approximate surface area is 111 Å². The first-order valence-corrected chi connectivity index (χ1v) is 6.97. The molecule has 0 saturated carbocycles. The van der Waals surface area contributed by atoms with E-state index in [-0.39, 0.29) is 6.04 Å². The molecular weight excluding hydrogens is 246 g/mol. The highest BCUT2D eigenvalue weighted by Gasteiger charge is 2.13. The van der Waals surface area contributed by atoms with Gasteiger partial charge >= 0.3 is 0 Å². The Balaban J connectivity index is 2.00. The van der Waals surface area contributed by atoms with Crippen LogP contribution < -0.4 is 5.32 Å². The Morgan fingerprint density at radius 1 is 1.44 bits per heavy atom. The van der Waals surface area contributed by atoms with E-state index in [2.05, 4.69) is 41.3 Å². The molecule has 2 rings (SSSR count). The molecule has 6 heteroatoms. The lowest BCUT2D eigenvalue weighted by Crippen LogP contribution is -2.21. The topological polar surface area (TPSA) is 55.6 Å². The summed E-state index contributed by atoms with van der Waals surface area (Å²) in [7, 11) is 0. The summed E-state index contributed by atoms with van der Waals surface area (Å²) < 4.78 is 2.04. The molecule has 0 bridgehead atoms. The van der Waals surface area contributed by atoms with Gasteiger partial charge in [-0.15, -0.1) is 21.5 Å². The Hall–Kier alpha value is -1.27. The fourth-order valence-electron chi connectivity index (χ4n) is 1.97. The first-order valence-electron chi connectivity index (χ1n) is 6.15. The van der Waals surface area contributed by atoms with Gasteiger partial charge in [0, 0.05) is 17.5 Å². The first kappa shape index (κ1) is 13.2. The SMILES string of the molecule is CCn1cnnc1CNC(C)c1nc(C)sc1C. The number of nitrogens with zero attached hydrogens (tertiary/aromatic N) is 4. The second-order valence-electron chi connectivity index (χ2n) is 4.31. The number of thiazole rings is 1. The van der Waals surface area contributed by atoms with Gasteiger partial charge in [-0.05, 0) is 27.7 Å². The number of rotatable bonds is 5. The summed E-state index contributed by atoms with van der Waals surface area (Å²) in [5, 5.41) is 12.6. The average molecular weight is 265 g/mol. The van der Waals surface area contributed by atoms with Gasteiger partial charge in [0.15, 0.2) is 0 Å². The van der Waals surface area contributed by atoms with E-state index in [9.17, 15) is 0 Å². The zero-order valence-corrected chi connectivity index (χ0v) is 12.1. The van der Waals surface area contributed by atoms with E-state index in [1.807, 2.05) is 11.5 Å². The molecule has 1 atom stereocenters. The first-order chi connectivity index (χ1) is 8.61. The molecule has 2 aromatic rings. The van der Waals surface area contributed by atoms with E-state index in [0.717, 1.165) is 23.1 Å². The van der Waals surface area contributed by atoms with Crippen molar-refractivity contribution in [1.29, 1.82) is 0 Å². The normalized spacial score (nSPS) is 12.9. The zero-order valence-electron chi connectivity index (χ0n) is 11.3. The fourth-order valence-corrected chi connectivity index (χ4v) is 2.88. The van der Waals surface area contributed by atoms with E-state index in [4.69, 9.17) is 0 Å². The third kappa shape index (κ3) is 2.76. The van der Waals surface area contributed by atoms with E-state index < -0.39 is 0 Å². The largest absolute Gasteiger partial charge is 0.317 e. The van der Waals surface area contributed by atoms with Gasteiger partial charge in [0.05, 0.1) is 17.2 Å². The Bertz CT molecular complexity index is 516. The number of hydrogen-bond acceptors (Lipinski definition) is 5. The molecule has 1 unspecified atom stereocenters. The van der Waals surface area contributed by atoms with Crippen LogP contribution in [0.5, 0.6) is 0 Å². The van der Waals surface area contributed by atoms with E-state index in [1.54, 1.807) is 17.7 Å². The molecule has 2 aromatic heterocycles. The molecule has 0 amide bonds. The molecule has 1 N–H and O–H groups in total. The lowest BCUT2D eigenvalue weighted by atomic mass is 10.2. The Morgan fingerprint density at radius 2 is 2.22 bits per heavy atom. The summed E-state index contributed by atoms with van der Waals surface area (Å²) >= 11 is 1.74. The summed E-state index contributed by atoms with van der Waals surface area (Å²) in [6.45, 7) is 9.99. The van der Waals surface area contributed by atoms with E-state index >= 15 is 0 Å². The number of nitrogens with one attached hydrogen (secondary N) is 1. The van der Waals surface area contributed by atoms with Gasteiger partial charge < -0.3 is 9.88 Å². The summed E-state index contributed by atoms with van der Waals surface area (Å²) in [6.07, 6.45) is 1.76. The van der Waals surface area contributed by atoms with Crippen molar-refractivity contribution in [3.05, 3.63) is 27.7 Å². The minimum absolute atomic E-state index is 0.233. The molecular formula is C12H19N5S. The van der Waals surface area contributed by atoms with Gasteiger partial charge in [-0.25, -0.2) is 4.98 Å². The summed E-state index contributed by atoms with van der Waals surface area (Å²) in [5.74, 6) is 0.967. The van der Waals surface area contributed by atoms with Crippen LogP contribution in [-0.4, -0.2) is 19.7 Å². The van der Waals surface area contributed by atoms with Crippen LogP contribution in [0.3, 0.4) is 0 Å². The highest BCUT2D eigenvalue weighted by molar-refractivity contribution is 7.11. The van der Waals surface area contributed by atoms with Crippen LogP contribution in [-0.2, 0) is 13.1 Å². The summed E-state index contributed by atoms with van der Waals surface area (Å²) in [5.41, 5.74) is 1.14. The quantitative estimate of drug-likeness (QED) is 0.900. The maximum atomic E-state index is 4.57. The van der Waals surface area contributed by atoms with Crippen LogP contribution in [0.2, 0.25) is 0 Å². The molecule has 0 aliphatic heterocycles. The van der Waals surface area contributed by atoms with Crippen molar-refractivity contribution in [1.82, 2.24) is 25.1 Å². The summed E-state index contributed by atoms with van der Waals surface area (Å²) in [6, 6.07) is 0.233. The Morgan fingerprint density at radius 3 is 2.83 bits per heavy atom. The highest BCUT2D eigenvalue weighted by atomic mass is 32.1. The number of hydrogen-bond donors (Lipinski definition) is 1. The maximum Gasteiger partial charge on any atom is 0.146 e. The van der Waals surface area contributed by atoms with Crippen molar-refractivity contribution in [2.24, 2.45) is 0 Å². The second-order valence-corrected chi connectivity index (χ2v) is 5.72. The zero-order chi connectivity index (χ0) is 13.1. The van der Waals surface area contributed by atoms with Crippen LogP contribution in [0.25, 0.3) is 0 Å². The monoisotopic (exact) mass is 265 g/mol. The van der Waals surface area contributed by atoms with Gasteiger partial charge in [-0.2, -0.15) is 0 Å². The van der Waals surface area contributed by atoms with Crippen molar-refractivity contribution in [3.63, 3.8) is 0 Å².